The molecule has 2 heterocycles. The molecule has 1 unspecified atom stereocenters. The number of anilines is 1. The molecule has 1 aliphatic heterocycles. The lowest BCUT2D eigenvalue weighted by Gasteiger charge is -2.25. The second-order valence-corrected chi connectivity index (χ2v) is 4.96. The lowest BCUT2D eigenvalue weighted by Crippen LogP contribution is -2.40. The minimum atomic E-state index is 0.133. The summed E-state index contributed by atoms with van der Waals surface area (Å²) in [5.74, 6) is 0.521. The molecule has 0 saturated carbocycles. The molecule has 1 atom stereocenters. The molecule has 1 N–H and O–H groups in total. The number of methoxy groups -OCH3 is 2. The van der Waals surface area contributed by atoms with Crippen LogP contribution >= 0.6 is 11.6 Å². The van der Waals surface area contributed by atoms with Crippen LogP contribution in [0.2, 0.25) is 5.28 Å². The Hall–Kier alpha value is -1.18. The van der Waals surface area contributed by atoms with E-state index in [4.69, 9.17) is 21.1 Å². The molecule has 0 spiro atoms. The summed E-state index contributed by atoms with van der Waals surface area (Å²) in [6.45, 7) is 3.16. The Balaban J connectivity index is 2.13. The van der Waals surface area contributed by atoms with E-state index in [0.29, 0.717) is 25.1 Å². The molecular formula is C12H20ClN5O2. The van der Waals surface area contributed by atoms with Gasteiger partial charge in [-0.05, 0) is 31.0 Å². The van der Waals surface area contributed by atoms with E-state index in [1.165, 1.54) is 13.5 Å². The molecule has 0 aromatic carbocycles. The molecule has 0 radical (unpaired) electrons. The van der Waals surface area contributed by atoms with E-state index in [0.717, 1.165) is 19.5 Å². The fourth-order valence-corrected chi connectivity index (χ4v) is 2.36. The van der Waals surface area contributed by atoms with Gasteiger partial charge in [0.2, 0.25) is 11.2 Å². The molecule has 7 nitrogen and oxygen atoms in total. The highest BCUT2D eigenvalue weighted by Gasteiger charge is 2.20. The summed E-state index contributed by atoms with van der Waals surface area (Å²) in [5.41, 5.74) is 0. The lowest BCUT2D eigenvalue weighted by atomic mass is 10.2. The van der Waals surface area contributed by atoms with Crippen LogP contribution in [0, 0.1) is 0 Å². The van der Waals surface area contributed by atoms with Crippen molar-refractivity contribution in [3.8, 4) is 6.01 Å². The molecule has 1 aromatic rings. The van der Waals surface area contributed by atoms with Gasteiger partial charge in [-0.2, -0.15) is 15.0 Å². The summed E-state index contributed by atoms with van der Waals surface area (Å²) in [7, 11) is 3.18. The van der Waals surface area contributed by atoms with Crippen molar-refractivity contribution in [2.75, 3.05) is 45.4 Å². The van der Waals surface area contributed by atoms with Gasteiger partial charge in [0.05, 0.1) is 13.7 Å². The maximum Gasteiger partial charge on any atom is 0.322 e. The number of hydrogen-bond donors (Lipinski definition) is 1. The monoisotopic (exact) mass is 301 g/mol. The quantitative estimate of drug-likeness (QED) is 0.796. The van der Waals surface area contributed by atoms with Gasteiger partial charge in [-0.25, -0.2) is 0 Å². The first-order chi connectivity index (χ1) is 9.72. The smallest absolute Gasteiger partial charge is 0.322 e. The molecule has 1 saturated heterocycles. The van der Waals surface area contributed by atoms with Crippen molar-refractivity contribution in [3.05, 3.63) is 5.28 Å². The van der Waals surface area contributed by atoms with E-state index < -0.39 is 0 Å². The van der Waals surface area contributed by atoms with Crippen molar-refractivity contribution < 1.29 is 9.47 Å². The van der Waals surface area contributed by atoms with Gasteiger partial charge < -0.3 is 19.7 Å². The highest BCUT2D eigenvalue weighted by Crippen LogP contribution is 2.17. The van der Waals surface area contributed by atoms with E-state index in [1.807, 2.05) is 4.90 Å². The number of halogens is 1. The Morgan fingerprint density at radius 2 is 2.20 bits per heavy atom. The molecule has 0 aliphatic carbocycles. The third-order valence-electron chi connectivity index (χ3n) is 3.21. The van der Waals surface area contributed by atoms with E-state index >= 15 is 0 Å². The Kier molecular flexibility index (Phi) is 5.75. The van der Waals surface area contributed by atoms with Crippen LogP contribution in [0.4, 0.5) is 5.95 Å². The van der Waals surface area contributed by atoms with Crippen LogP contribution in [0.5, 0.6) is 6.01 Å². The molecule has 0 amide bonds. The second kappa shape index (κ2) is 7.56. The number of rotatable bonds is 7. The minimum Gasteiger partial charge on any atom is -0.467 e. The minimum absolute atomic E-state index is 0.133. The highest BCUT2D eigenvalue weighted by molar-refractivity contribution is 6.28. The van der Waals surface area contributed by atoms with Gasteiger partial charge in [0.25, 0.3) is 0 Å². The van der Waals surface area contributed by atoms with Gasteiger partial charge in [0.15, 0.2) is 0 Å². The Morgan fingerprint density at radius 1 is 1.35 bits per heavy atom. The zero-order chi connectivity index (χ0) is 14.4. The number of nitrogens with zero attached hydrogens (tertiary/aromatic N) is 4. The van der Waals surface area contributed by atoms with Crippen LogP contribution in [-0.4, -0.2) is 61.5 Å². The van der Waals surface area contributed by atoms with Gasteiger partial charge >= 0.3 is 6.01 Å². The van der Waals surface area contributed by atoms with Crippen LogP contribution < -0.4 is 15.0 Å². The van der Waals surface area contributed by atoms with Crippen LogP contribution in [0.3, 0.4) is 0 Å². The van der Waals surface area contributed by atoms with Crippen LogP contribution in [0.25, 0.3) is 0 Å². The van der Waals surface area contributed by atoms with Crippen molar-refractivity contribution in [2.45, 2.75) is 18.9 Å². The van der Waals surface area contributed by atoms with Crippen molar-refractivity contribution >= 4 is 17.5 Å². The van der Waals surface area contributed by atoms with Crippen LogP contribution in [0.1, 0.15) is 12.8 Å². The average Bonchev–Trinajstić information content (AvgIpc) is 2.95. The molecule has 2 rings (SSSR count). The standard InChI is InChI=1S/C12H20ClN5O2/c1-19-7-6-18(8-9-4-3-5-14-9)11-15-10(13)16-12(17-11)20-2/h9,14H,3-8H2,1-2H3. The zero-order valence-electron chi connectivity index (χ0n) is 11.8. The maximum absolute atomic E-state index is 5.91. The number of aromatic nitrogens is 3. The summed E-state index contributed by atoms with van der Waals surface area (Å²) in [6, 6.07) is 0.662. The molecule has 1 fully saturated rings. The summed E-state index contributed by atoms with van der Waals surface area (Å²) < 4.78 is 10.2. The third kappa shape index (κ3) is 4.16. The third-order valence-corrected chi connectivity index (χ3v) is 3.38. The predicted octanol–water partition coefficient (Wildman–Crippen LogP) is 0.738. The molecule has 20 heavy (non-hydrogen) atoms. The van der Waals surface area contributed by atoms with E-state index in [9.17, 15) is 0 Å². The van der Waals surface area contributed by atoms with Crippen molar-refractivity contribution in [1.82, 2.24) is 20.3 Å². The SMILES string of the molecule is COCCN(CC1CCCN1)c1nc(Cl)nc(OC)n1. The van der Waals surface area contributed by atoms with Gasteiger partial charge in [-0.3, -0.25) is 0 Å². The summed E-state index contributed by atoms with van der Waals surface area (Å²) in [5, 5.41) is 3.59. The summed E-state index contributed by atoms with van der Waals surface area (Å²) in [4.78, 5) is 14.4. The number of ether oxygens (including phenoxy) is 2. The Labute approximate surface area is 123 Å². The average molecular weight is 302 g/mol. The van der Waals surface area contributed by atoms with Gasteiger partial charge in [0.1, 0.15) is 0 Å². The summed E-state index contributed by atoms with van der Waals surface area (Å²) in [6.07, 6.45) is 2.35. The van der Waals surface area contributed by atoms with Crippen LogP contribution in [-0.2, 0) is 4.74 Å². The molecule has 112 valence electrons. The molecule has 1 aliphatic rings. The van der Waals surface area contributed by atoms with Crippen molar-refractivity contribution in [3.63, 3.8) is 0 Å². The molecule has 1 aromatic heterocycles. The zero-order valence-corrected chi connectivity index (χ0v) is 12.6. The summed E-state index contributed by atoms with van der Waals surface area (Å²) >= 11 is 5.91. The first kappa shape index (κ1) is 15.2. The number of nitrogens with one attached hydrogen (secondary N) is 1. The predicted molar refractivity (Wildman–Crippen MR) is 76.5 cm³/mol. The highest BCUT2D eigenvalue weighted by atomic mass is 35.5. The molecule has 0 bridgehead atoms. The largest absolute Gasteiger partial charge is 0.467 e. The molecule has 8 heteroatoms. The number of hydrogen-bond acceptors (Lipinski definition) is 7. The lowest BCUT2D eigenvalue weighted by molar-refractivity contribution is 0.204. The normalized spacial score (nSPS) is 18.2. The molecular weight excluding hydrogens is 282 g/mol. The maximum atomic E-state index is 5.91. The van der Waals surface area contributed by atoms with Crippen LogP contribution in [0.15, 0.2) is 0 Å². The van der Waals surface area contributed by atoms with E-state index in [1.54, 1.807) is 7.11 Å². The fourth-order valence-electron chi connectivity index (χ4n) is 2.21. The van der Waals surface area contributed by atoms with E-state index in [-0.39, 0.29) is 11.3 Å². The van der Waals surface area contributed by atoms with Crippen molar-refractivity contribution in [2.24, 2.45) is 0 Å². The first-order valence-corrected chi connectivity index (χ1v) is 7.03. The van der Waals surface area contributed by atoms with E-state index in [2.05, 4.69) is 20.3 Å². The Bertz CT molecular complexity index is 428. The topological polar surface area (TPSA) is 72.4 Å². The second-order valence-electron chi connectivity index (χ2n) is 4.62. The van der Waals surface area contributed by atoms with Gasteiger partial charge in [0, 0.05) is 26.2 Å². The van der Waals surface area contributed by atoms with Gasteiger partial charge in [-0.15, -0.1) is 0 Å². The first-order valence-electron chi connectivity index (χ1n) is 6.65. The Morgan fingerprint density at radius 3 is 2.85 bits per heavy atom. The van der Waals surface area contributed by atoms with Gasteiger partial charge in [-0.1, -0.05) is 0 Å². The fraction of sp³-hybridized carbons (Fsp3) is 0.750. The van der Waals surface area contributed by atoms with Crippen molar-refractivity contribution in [1.29, 1.82) is 0 Å².